The highest BCUT2D eigenvalue weighted by Crippen LogP contribution is 2.32. The number of carbonyl (C=O) groups is 1. The molecule has 1 N–H and O–H groups in total. The van der Waals surface area contributed by atoms with Gasteiger partial charge < -0.3 is 5.11 Å². The number of hydrogen-bond acceptors (Lipinski definition) is 2. The lowest BCUT2D eigenvalue weighted by Gasteiger charge is -2.24. The predicted molar refractivity (Wildman–Crippen MR) is 133 cm³/mol. The molecule has 0 saturated carbocycles. The minimum absolute atomic E-state index is 0.258. The summed E-state index contributed by atoms with van der Waals surface area (Å²) in [6.07, 6.45) is -8.31. The van der Waals surface area contributed by atoms with Gasteiger partial charge in [0.2, 0.25) is 0 Å². The maximum atomic E-state index is 13.0. The lowest BCUT2D eigenvalue weighted by atomic mass is 9.97. The summed E-state index contributed by atoms with van der Waals surface area (Å²) >= 11 is 0. The van der Waals surface area contributed by atoms with E-state index in [9.17, 15) is 36.2 Å². The van der Waals surface area contributed by atoms with Crippen LogP contribution in [0.5, 0.6) is 0 Å². The topological polar surface area (TPSA) is 40.5 Å². The molecule has 0 heterocycles. The van der Waals surface area contributed by atoms with Crippen molar-refractivity contribution in [1.29, 1.82) is 0 Å². The van der Waals surface area contributed by atoms with Gasteiger partial charge in [-0.25, -0.2) is 0 Å². The molecule has 0 bridgehead atoms. The third-order valence-electron chi connectivity index (χ3n) is 6.07. The lowest BCUT2D eigenvalue weighted by molar-refractivity contribution is -0.138. The number of halogens is 6. The molecule has 0 aliphatic heterocycles. The molecule has 0 aliphatic rings. The molecule has 9 heteroatoms. The molecule has 3 aromatic rings. The fourth-order valence-corrected chi connectivity index (χ4v) is 4.12. The van der Waals surface area contributed by atoms with E-state index in [2.05, 4.69) is 18.7 Å². The Bertz CT molecular complexity index is 1220. The van der Waals surface area contributed by atoms with E-state index in [1.54, 1.807) is 12.1 Å². The van der Waals surface area contributed by atoms with Crippen LogP contribution in [0.3, 0.4) is 0 Å². The van der Waals surface area contributed by atoms with Crippen molar-refractivity contribution in [2.75, 3.05) is 6.54 Å². The van der Waals surface area contributed by atoms with Crippen LogP contribution in [0.15, 0.2) is 66.7 Å². The summed E-state index contributed by atoms with van der Waals surface area (Å²) in [7, 11) is 0. The van der Waals surface area contributed by atoms with E-state index in [1.165, 1.54) is 24.3 Å². The van der Waals surface area contributed by atoms with Crippen LogP contribution in [-0.4, -0.2) is 22.5 Å². The molecular formula is C29H29F6NO2. The second-order valence-corrected chi connectivity index (χ2v) is 9.77. The van der Waals surface area contributed by atoms with Gasteiger partial charge in [0, 0.05) is 13.1 Å². The van der Waals surface area contributed by atoms with Gasteiger partial charge in [-0.1, -0.05) is 50.2 Å². The maximum Gasteiger partial charge on any atom is 0.416 e. The van der Waals surface area contributed by atoms with Gasteiger partial charge in [-0.05, 0) is 77.0 Å². The van der Waals surface area contributed by atoms with Gasteiger partial charge in [-0.15, -0.1) is 0 Å². The van der Waals surface area contributed by atoms with Crippen LogP contribution < -0.4 is 0 Å². The zero-order valence-electron chi connectivity index (χ0n) is 21.0. The first-order valence-electron chi connectivity index (χ1n) is 12.1. The van der Waals surface area contributed by atoms with Crippen molar-refractivity contribution in [2.45, 2.75) is 52.1 Å². The molecule has 3 aromatic carbocycles. The average Bonchev–Trinajstić information content (AvgIpc) is 2.81. The molecule has 38 heavy (non-hydrogen) atoms. The van der Waals surface area contributed by atoms with E-state index < -0.39 is 29.4 Å². The molecule has 0 radical (unpaired) electrons. The lowest BCUT2D eigenvalue weighted by Crippen LogP contribution is -2.25. The van der Waals surface area contributed by atoms with Gasteiger partial charge in [0.05, 0.1) is 17.5 Å². The molecule has 0 aromatic heterocycles. The Labute approximate surface area is 217 Å². The Balaban J connectivity index is 1.91. The first kappa shape index (κ1) is 29.2. The third kappa shape index (κ3) is 8.62. The van der Waals surface area contributed by atoms with E-state index in [1.807, 2.05) is 6.07 Å². The molecule has 3 nitrogen and oxygen atoms in total. The summed E-state index contributed by atoms with van der Waals surface area (Å²) in [5.41, 5.74) is 1.56. The molecule has 3 rings (SSSR count). The number of nitrogens with zero attached hydrogens (tertiary/aromatic N) is 1. The molecule has 0 atom stereocenters. The van der Waals surface area contributed by atoms with Crippen molar-refractivity contribution in [2.24, 2.45) is 5.92 Å². The highest BCUT2D eigenvalue weighted by Gasteiger charge is 2.30. The fourth-order valence-electron chi connectivity index (χ4n) is 4.12. The van der Waals surface area contributed by atoms with Gasteiger partial charge in [-0.3, -0.25) is 9.69 Å². The van der Waals surface area contributed by atoms with Gasteiger partial charge in [-0.2, -0.15) is 26.3 Å². The molecule has 0 unspecified atom stereocenters. The summed E-state index contributed by atoms with van der Waals surface area (Å²) < 4.78 is 77.9. The third-order valence-corrected chi connectivity index (χ3v) is 6.07. The summed E-state index contributed by atoms with van der Waals surface area (Å²) in [4.78, 5) is 13.5. The monoisotopic (exact) mass is 537 g/mol. The van der Waals surface area contributed by atoms with E-state index in [-0.39, 0.29) is 6.42 Å². The Morgan fingerprint density at radius 1 is 0.737 bits per heavy atom. The maximum absolute atomic E-state index is 13.0. The summed E-state index contributed by atoms with van der Waals surface area (Å²) in [6, 6.07) is 14.9. The second kappa shape index (κ2) is 12.0. The minimum atomic E-state index is -4.47. The van der Waals surface area contributed by atoms with Crippen molar-refractivity contribution < 1.29 is 36.2 Å². The molecule has 204 valence electrons. The first-order chi connectivity index (χ1) is 17.7. The number of rotatable bonds is 10. The number of carboxylic acid groups (broad SMARTS) is 1. The predicted octanol–water partition coefficient (Wildman–Crippen LogP) is 8.07. The standard InChI is InChI=1S/C29H29F6NO2/c1-19(2)11-12-36(17-20-3-7-25(8-4-20)28(30,31)32)18-22-13-21(16-27(37)38)14-24(15-22)23-5-9-26(10-6-23)29(33,34)35/h3-10,13-15,19H,11-12,16-18H2,1-2H3,(H,37,38). The molecular weight excluding hydrogens is 508 g/mol. The fraction of sp³-hybridized carbons (Fsp3) is 0.345. The van der Waals surface area contributed by atoms with E-state index in [4.69, 9.17) is 0 Å². The quantitative estimate of drug-likeness (QED) is 0.266. The van der Waals surface area contributed by atoms with E-state index >= 15 is 0 Å². The van der Waals surface area contributed by atoms with Crippen molar-refractivity contribution >= 4 is 5.97 Å². The summed E-state index contributed by atoms with van der Waals surface area (Å²) in [5, 5.41) is 9.33. The molecule has 0 amide bonds. The second-order valence-electron chi connectivity index (χ2n) is 9.77. The number of carboxylic acids is 1. The molecule has 0 fully saturated rings. The van der Waals surface area contributed by atoms with Crippen LogP contribution >= 0.6 is 0 Å². The Morgan fingerprint density at radius 3 is 1.74 bits per heavy atom. The first-order valence-corrected chi connectivity index (χ1v) is 12.1. The normalized spacial score (nSPS) is 12.4. The molecule has 0 aliphatic carbocycles. The Kier molecular flexibility index (Phi) is 9.25. The largest absolute Gasteiger partial charge is 0.481 e. The highest BCUT2D eigenvalue weighted by atomic mass is 19.4. The summed E-state index contributed by atoms with van der Waals surface area (Å²) in [5.74, 6) is -0.659. The minimum Gasteiger partial charge on any atom is -0.481 e. The van der Waals surface area contributed by atoms with Gasteiger partial charge in [0.25, 0.3) is 0 Å². The number of aliphatic carboxylic acids is 1. The van der Waals surface area contributed by atoms with Crippen LogP contribution in [0, 0.1) is 5.92 Å². The van der Waals surface area contributed by atoms with Crippen LogP contribution in [-0.2, 0) is 36.7 Å². The van der Waals surface area contributed by atoms with E-state index in [0.717, 1.165) is 36.2 Å². The summed E-state index contributed by atoms with van der Waals surface area (Å²) in [6.45, 7) is 5.54. The number of benzene rings is 3. The van der Waals surface area contributed by atoms with Crippen molar-refractivity contribution in [3.8, 4) is 11.1 Å². The van der Waals surface area contributed by atoms with Gasteiger partial charge in [0.15, 0.2) is 0 Å². The molecule has 0 saturated heterocycles. The highest BCUT2D eigenvalue weighted by molar-refractivity contribution is 5.72. The molecule has 0 spiro atoms. The Morgan fingerprint density at radius 2 is 1.24 bits per heavy atom. The van der Waals surface area contributed by atoms with Gasteiger partial charge >= 0.3 is 18.3 Å². The Hall–Kier alpha value is -3.33. The van der Waals surface area contributed by atoms with Crippen LogP contribution in [0.25, 0.3) is 11.1 Å². The van der Waals surface area contributed by atoms with Crippen LogP contribution in [0.1, 0.15) is 48.1 Å². The average molecular weight is 538 g/mol. The smallest absolute Gasteiger partial charge is 0.416 e. The number of alkyl halides is 6. The van der Waals surface area contributed by atoms with Crippen molar-refractivity contribution in [3.05, 3.63) is 94.5 Å². The zero-order valence-corrected chi connectivity index (χ0v) is 21.0. The van der Waals surface area contributed by atoms with Crippen molar-refractivity contribution in [1.82, 2.24) is 4.90 Å². The van der Waals surface area contributed by atoms with Crippen molar-refractivity contribution in [3.63, 3.8) is 0 Å². The van der Waals surface area contributed by atoms with Crippen LogP contribution in [0.2, 0.25) is 0 Å². The number of hydrogen-bond donors (Lipinski definition) is 1. The zero-order chi connectivity index (χ0) is 28.1. The van der Waals surface area contributed by atoms with Crippen LogP contribution in [0.4, 0.5) is 26.3 Å². The van der Waals surface area contributed by atoms with Gasteiger partial charge in [0.1, 0.15) is 0 Å². The van der Waals surface area contributed by atoms with E-state index in [0.29, 0.717) is 47.8 Å². The SMILES string of the molecule is CC(C)CCN(Cc1ccc(C(F)(F)F)cc1)Cc1cc(CC(=O)O)cc(-c2ccc(C(F)(F)F)cc2)c1.